The van der Waals surface area contributed by atoms with Gasteiger partial charge in [-0.1, -0.05) is 48.5 Å². The maximum absolute atomic E-state index is 11.8. The van der Waals surface area contributed by atoms with Crippen molar-refractivity contribution in [2.75, 3.05) is 5.32 Å². The highest BCUT2D eigenvalue weighted by molar-refractivity contribution is 7.93. The SMILES string of the molecule is C=N/C=C(\C=C(/C)S(N)(=O)=O)c1nc(NCc2ccccn2)c2c(-c3ccccc3)cccc2n1. The van der Waals surface area contributed by atoms with E-state index in [1.165, 1.54) is 19.2 Å². The normalized spacial score (nSPS) is 12.5. The summed E-state index contributed by atoms with van der Waals surface area (Å²) in [5, 5.41) is 9.50. The summed E-state index contributed by atoms with van der Waals surface area (Å²) in [5.74, 6) is 0.855. The fourth-order valence-electron chi connectivity index (χ4n) is 3.53. The molecule has 0 aliphatic heterocycles. The van der Waals surface area contributed by atoms with Crippen LogP contribution >= 0.6 is 0 Å². The lowest BCUT2D eigenvalue weighted by Gasteiger charge is -2.15. The minimum Gasteiger partial charge on any atom is -0.364 e. The smallest absolute Gasteiger partial charge is 0.233 e. The average Bonchev–Trinajstić information content (AvgIpc) is 2.87. The average molecular weight is 485 g/mol. The summed E-state index contributed by atoms with van der Waals surface area (Å²) in [7, 11) is -3.89. The maximum Gasteiger partial charge on any atom is 0.233 e. The maximum atomic E-state index is 11.8. The summed E-state index contributed by atoms with van der Waals surface area (Å²) < 4.78 is 23.6. The molecular formula is C26H24N6O2S. The van der Waals surface area contributed by atoms with E-state index >= 15 is 0 Å². The first kappa shape index (κ1) is 23.9. The number of primary sulfonamides is 1. The van der Waals surface area contributed by atoms with Gasteiger partial charge in [-0.2, -0.15) is 0 Å². The number of pyridine rings is 1. The van der Waals surface area contributed by atoms with Gasteiger partial charge in [-0.05, 0) is 49.0 Å². The fourth-order valence-corrected chi connectivity index (χ4v) is 3.83. The number of nitrogens with zero attached hydrogens (tertiary/aromatic N) is 4. The number of aromatic nitrogens is 3. The minimum atomic E-state index is -3.89. The third kappa shape index (κ3) is 5.65. The molecule has 176 valence electrons. The van der Waals surface area contributed by atoms with Gasteiger partial charge < -0.3 is 5.32 Å². The van der Waals surface area contributed by atoms with Gasteiger partial charge in [0.2, 0.25) is 10.0 Å². The number of fused-ring (bicyclic) bond motifs is 1. The third-order valence-electron chi connectivity index (χ3n) is 5.27. The fraction of sp³-hybridized carbons (Fsp3) is 0.0769. The summed E-state index contributed by atoms with van der Waals surface area (Å²) in [5.41, 5.74) is 3.85. The molecule has 0 spiro atoms. The Kier molecular flexibility index (Phi) is 7.09. The van der Waals surface area contributed by atoms with Gasteiger partial charge in [0.25, 0.3) is 0 Å². The van der Waals surface area contributed by atoms with Gasteiger partial charge in [-0.15, -0.1) is 0 Å². The monoisotopic (exact) mass is 484 g/mol. The first-order chi connectivity index (χ1) is 16.9. The molecule has 0 radical (unpaired) electrons. The van der Waals surface area contributed by atoms with Gasteiger partial charge in [-0.25, -0.2) is 23.5 Å². The van der Waals surface area contributed by atoms with Crippen LogP contribution in [0.5, 0.6) is 0 Å². The van der Waals surface area contributed by atoms with Crippen LogP contribution < -0.4 is 10.5 Å². The van der Waals surface area contributed by atoms with E-state index in [0.717, 1.165) is 22.2 Å². The first-order valence-electron chi connectivity index (χ1n) is 10.7. The molecule has 4 aromatic rings. The zero-order chi connectivity index (χ0) is 24.8. The zero-order valence-corrected chi connectivity index (χ0v) is 19.9. The molecule has 0 fully saturated rings. The van der Waals surface area contributed by atoms with E-state index in [2.05, 4.69) is 22.0 Å². The lowest BCUT2D eigenvalue weighted by Crippen LogP contribution is -2.13. The van der Waals surface area contributed by atoms with Gasteiger partial charge in [0.1, 0.15) is 5.82 Å². The second-order valence-electron chi connectivity index (χ2n) is 7.70. The number of sulfonamides is 1. The molecule has 35 heavy (non-hydrogen) atoms. The molecule has 0 saturated heterocycles. The zero-order valence-electron chi connectivity index (χ0n) is 19.1. The highest BCUT2D eigenvalue weighted by atomic mass is 32.2. The number of benzene rings is 2. The van der Waals surface area contributed by atoms with Gasteiger partial charge in [0, 0.05) is 18.0 Å². The van der Waals surface area contributed by atoms with Crippen molar-refractivity contribution in [2.45, 2.75) is 13.5 Å². The molecule has 3 N–H and O–H groups in total. The number of rotatable bonds is 8. The third-order valence-corrected chi connectivity index (χ3v) is 6.28. The van der Waals surface area contributed by atoms with E-state index < -0.39 is 10.0 Å². The Morgan fingerprint density at radius 3 is 2.51 bits per heavy atom. The predicted octanol–water partition coefficient (Wildman–Crippen LogP) is 4.54. The standard InChI is InChI=1S/C26H24N6O2S/c1-18(35(27,33)34)15-20(16-28-2)25-31-23-13-8-12-22(19-9-4-3-5-10-19)24(23)26(32-25)30-17-21-11-6-7-14-29-21/h3-16H,2,17H2,1H3,(H2,27,33,34)(H,30,31,32)/b18-15+,20-16+. The van der Waals surface area contributed by atoms with E-state index in [1.54, 1.807) is 6.20 Å². The van der Waals surface area contributed by atoms with E-state index in [-0.39, 0.29) is 10.7 Å². The van der Waals surface area contributed by atoms with Crippen LogP contribution in [-0.4, -0.2) is 30.1 Å². The molecule has 0 saturated carbocycles. The molecular weight excluding hydrogens is 460 g/mol. The second kappa shape index (κ2) is 10.4. The van der Waals surface area contributed by atoms with Crippen LogP contribution in [-0.2, 0) is 16.6 Å². The lowest BCUT2D eigenvalue weighted by atomic mass is 10.0. The highest BCUT2D eigenvalue weighted by Crippen LogP contribution is 2.33. The predicted molar refractivity (Wildman–Crippen MR) is 141 cm³/mol. The van der Waals surface area contributed by atoms with Crippen LogP contribution in [0.4, 0.5) is 5.82 Å². The molecule has 0 aliphatic carbocycles. The Balaban J connectivity index is 1.92. The molecule has 2 heterocycles. The summed E-state index contributed by atoms with van der Waals surface area (Å²) in [6.07, 6.45) is 4.52. The van der Waals surface area contributed by atoms with Crippen LogP contribution in [0.2, 0.25) is 0 Å². The summed E-state index contributed by atoms with van der Waals surface area (Å²) >= 11 is 0. The number of hydrogen-bond donors (Lipinski definition) is 2. The topological polar surface area (TPSA) is 123 Å². The van der Waals surface area contributed by atoms with Crippen molar-refractivity contribution in [1.82, 2.24) is 15.0 Å². The largest absolute Gasteiger partial charge is 0.364 e. The Labute approximate surface area is 204 Å². The number of nitrogens with two attached hydrogens (primary N) is 1. The lowest BCUT2D eigenvalue weighted by molar-refractivity contribution is 0.603. The van der Waals surface area contributed by atoms with Crippen LogP contribution in [0.25, 0.3) is 27.6 Å². The second-order valence-corrected chi connectivity index (χ2v) is 9.44. The molecule has 0 atom stereocenters. The van der Waals surface area contributed by atoms with Crippen molar-refractivity contribution in [3.05, 3.63) is 102 Å². The van der Waals surface area contributed by atoms with Crippen molar-refractivity contribution in [3.8, 4) is 11.1 Å². The molecule has 4 rings (SSSR count). The van der Waals surface area contributed by atoms with E-state index in [1.807, 2.05) is 66.7 Å². The number of anilines is 1. The molecule has 9 heteroatoms. The molecule has 0 bridgehead atoms. The Morgan fingerprint density at radius 2 is 1.83 bits per heavy atom. The van der Waals surface area contributed by atoms with Crippen molar-refractivity contribution in [1.29, 1.82) is 0 Å². The van der Waals surface area contributed by atoms with Crippen molar-refractivity contribution < 1.29 is 8.42 Å². The number of nitrogens with one attached hydrogen (secondary N) is 1. The number of allylic oxidation sites excluding steroid dienone is 3. The van der Waals surface area contributed by atoms with Gasteiger partial charge in [0.15, 0.2) is 5.82 Å². The molecule has 0 aliphatic rings. The summed E-state index contributed by atoms with van der Waals surface area (Å²) in [6.45, 7) is 5.33. The summed E-state index contributed by atoms with van der Waals surface area (Å²) in [4.78, 5) is 17.6. The van der Waals surface area contributed by atoms with Crippen molar-refractivity contribution in [3.63, 3.8) is 0 Å². The quantitative estimate of drug-likeness (QED) is 0.280. The molecule has 8 nitrogen and oxygen atoms in total. The molecule has 0 unspecified atom stereocenters. The van der Waals surface area contributed by atoms with E-state index in [9.17, 15) is 8.42 Å². The van der Waals surface area contributed by atoms with Crippen molar-refractivity contribution >= 4 is 39.0 Å². The van der Waals surface area contributed by atoms with E-state index in [4.69, 9.17) is 15.1 Å². The van der Waals surface area contributed by atoms with Gasteiger partial charge in [-0.3, -0.25) is 9.98 Å². The Bertz CT molecular complexity index is 1530. The Hall–Kier alpha value is -4.21. The highest BCUT2D eigenvalue weighted by Gasteiger charge is 2.16. The van der Waals surface area contributed by atoms with Crippen LogP contribution in [0.15, 0.2) is 95.1 Å². The van der Waals surface area contributed by atoms with Crippen LogP contribution in [0, 0.1) is 0 Å². The van der Waals surface area contributed by atoms with Gasteiger partial charge in [0.05, 0.1) is 28.0 Å². The first-order valence-corrected chi connectivity index (χ1v) is 12.3. The minimum absolute atomic E-state index is 0.0443. The van der Waals surface area contributed by atoms with Gasteiger partial charge >= 0.3 is 0 Å². The van der Waals surface area contributed by atoms with Crippen molar-refractivity contribution in [2.24, 2.45) is 10.1 Å². The number of aliphatic imine (C=N–C) groups is 1. The summed E-state index contributed by atoms with van der Waals surface area (Å²) in [6, 6.07) is 21.5. The number of hydrogen-bond acceptors (Lipinski definition) is 7. The van der Waals surface area contributed by atoms with E-state index in [0.29, 0.717) is 23.5 Å². The van der Waals surface area contributed by atoms with Crippen LogP contribution in [0.1, 0.15) is 18.4 Å². The molecule has 0 amide bonds. The molecule has 2 aromatic carbocycles. The Morgan fingerprint density at radius 1 is 1.06 bits per heavy atom. The molecule has 2 aromatic heterocycles. The van der Waals surface area contributed by atoms with Crippen LogP contribution in [0.3, 0.4) is 0 Å².